The van der Waals surface area contributed by atoms with E-state index in [4.69, 9.17) is 10.5 Å². The number of hydrogen-bond donors (Lipinski definition) is 1. The second kappa shape index (κ2) is 9.89. The number of nitrogens with zero attached hydrogens (tertiary/aromatic N) is 2. The average molecular weight is 339 g/mol. The molecule has 1 saturated heterocycles. The minimum absolute atomic E-state index is 0. The van der Waals surface area contributed by atoms with E-state index in [0.717, 1.165) is 52.1 Å². The van der Waals surface area contributed by atoms with Gasteiger partial charge >= 0.3 is 0 Å². The Hall–Kier alpha value is -0.300. The second-order valence-electron chi connectivity index (χ2n) is 3.62. The van der Waals surface area contributed by atoms with E-state index in [1.165, 1.54) is 0 Å². The molecule has 0 bridgehead atoms. The molecule has 0 saturated carbocycles. The Morgan fingerprint density at radius 2 is 2.06 bits per heavy atom. The van der Waals surface area contributed by atoms with Crippen LogP contribution in [0.5, 0.6) is 0 Å². The first kappa shape index (κ1) is 15.7. The van der Waals surface area contributed by atoms with Crippen molar-refractivity contribution in [1.29, 1.82) is 0 Å². The van der Waals surface area contributed by atoms with Crippen LogP contribution in [-0.2, 0) is 4.74 Å². The fourth-order valence-corrected chi connectivity index (χ4v) is 1.49. The SMILES string of the molecule is C=CCCCCN=C(N)N1CCOCC1.I. The molecule has 4 nitrogen and oxygen atoms in total. The number of morpholine rings is 1. The molecule has 0 unspecified atom stereocenters. The highest BCUT2D eigenvalue weighted by atomic mass is 127. The molecule has 94 valence electrons. The zero-order chi connectivity index (χ0) is 10.9. The normalized spacial score (nSPS) is 16.8. The zero-order valence-electron chi connectivity index (χ0n) is 9.73. The van der Waals surface area contributed by atoms with Gasteiger partial charge in [0.05, 0.1) is 13.2 Å². The molecule has 2 N–H and O–H groups in total. The van der Waals surface area contributed by atoms with Crippen molar-refractivity contribution in [2.45, 2.75) is 19.3 Å². The molecule has 0 amide bonds. The summed E-state index contributed by atoms with van der Waals surface area (Å²) in [5.74, 6) is 0.664. The Balaban J connectivity index is 0.00000225. The van der Waals surface area contributed by atoms with Gasteiger partial charge in [0, 0.05) is 19.6 Å². The molecule has 0 aliphatic carbocycles. The van der Waals surface area contributed by atoms with E-state index in [9.17, 15) is 0 Å². The molecule has 16 heavy (non-hydrogen) atoms. The van der Waals surface area contributed by atoms with Gasteiger partial charge in [-0.2, -0.15) is 0 Å². The Kier molecular flexibility index (Phi) is 9.71. The van der Waals surface area contributed by atoms with Crippen molar-refractivity contribution in [3.63, 3.8) is 0 Å². The fourth-order valence-electron chi connectivity index (χ4n) is 1.49. The predicted octanol–water partition coefficient (Wildman–Crippen LogP) is 1.61. The van der Waals surface area contributed by atoms with E-state index in [0.29, 0.717) is 5.96 Å². The maximum Gasteiger partial charge on any atom is 0.191 e. The van der Waals surface area contributed by atoms with Crippen LogP contribution in [0.15, 0.2) is 17.6 Å². The first-order chi connectivity index (χ1) is 7.34. The number of allylic oxidation sites excluding steroid dienone is 1. The van der Waals surface area contributed by atoms with E-state index >= 15 is 0 Å². The third-order valence-electron chi connectivity index (χ3n) is 2.43. The van der Waals surface area contributed by atoms with Crippen molar-refractivity contribution in [3.8, 4) is 0 Å². The van der Waals surface area contributed by atoms with Crippen molar-refractivity contribution >= 4 is 29.9 Å². The Morgan fingerprint density at radius 1 is 1.38 bits per heavy atom. The summed E-state index contributed by atoms with van der Waals surface area (Å²) in [5.41, 5.74) is 5.86. The van der Waals surface area contributed by atoms with Crippen LogP contribution in [0.4, 0.5) is 0 Å². The zero-order valence-corrected chi connectivity index (χ0v) is 12.1. The lowest BCUT2D eigenvalue weighted by molar-refractivity contribution is 0.0674. The Labute approximate surface area is 115 Å². The number of guanidine groups is 1. The summed E-state index contributed by atoms with van der Waals surface area (Å²) in [6.07, 6.45) is 5.22. The molecule has 1 aliphatic heterocycles. The highest BCUT2D eigenvalue weighted by molar-refractivity contribution is 14.0. The molecule has 1 fully saturated rings. The summed E-state index contributed by atoms with van der Waals surface area (Å²) in [6.45, 7) is 7.74. The number of halogens is 1. The van der Waals surface area contributed by atoms with Gasteiger partial charge in [-0.15, -0.1) is 30.6 Å². The molecule has 0 atom stereocenters. The maximum atomic E-state index is 5.86. The highest BCUT2D eigenvalue weighted by Gasteiger charge is 2.11. The number of ether oxygens (including phenoxy) is 1. The third kappa shape index (κ3) is 6.32. The minimum Gasteiger partial charge on any atom is -0.378 e. The number of unbranched alkanes of at least 4 members (excludes halogenated alkanes) is 2. The quantitative estimate of drug-likeness (QED) is 0.272. The smallest absolute Gasteiger partial charge is 0.191 e. The molecule has 0 spiro atoms. The third-order valence-corrected chi connectivity index (χ3v) is 2.43. The van der Waals surface area contributed by atoms with Gasteiger partial charge in [0.15, 0.2) is 5.96 Å². The summed E-state index contributed by atoms with van der Waals surface area (Å²) in [5, 5.41) is 0. The summed E-state index contributed by atoms with van der Waals surface area (Å²) < 4.78 is 5.24. The van der Waals surface area contributed by atoms with Crippen LogP contribution in [0.25, 0.3) is 0 Å². The van der Waals surface area contributed by atoms with Crippen LogP contribution < -0.4 is 5.73 Å². The molecule has 0 aromatic heterocycles. The lowest BCUT2D eigenvalue weighted by atomic mass is 10.2. The van der Waals surface area contributed by atoms with Crippen molar-refractivity contribution in [1.82, 2.24) is 4.90 Å². The second-order valence-corrected chi connectivity index (χ2v) is 3.62. The average Bonchev–Trinajstić information content (AvgIpc) is 2.30. The molecular weight excluding hydrogens is 317 g/mol. The molecule has 5 heteroatoms. The summed E-state index contributed by atoms with van der Waals surface area (Å²) in [7, 11) is 0. The standard InChI is InChI=1S/C11H21N3O.HI/c1-2-3-4-5-6-13-11(12)14-7-9-15-10-8-14;/h2H,1,3-10H2,(H2,12,13);1H. The molecule has 0 radical (unpaired) electrons. The van der Waals surface area contributed by atoms with Crippen molar-refractivity contribution < 1.29 is 4.74 Å². The van der Waals surface area contributed by atoms with Crippen LogP contribution >= 0.6 is 24.0 Å². The van der Waals surface area contributed by atoms with E-state index in [1.807, 2.05) is 6.08 Å². The monoisotopic (exact) mass is 339 g/mol. The number of nitrogens with two attached hydrogens (primary N) is 1. The molecule has 1 rings (SSSR count). The van der Waals surface area contributed by atoms with Crippen LogP contribution in [0.1, 0.15) is 19.3 Å². The summed E-state index contributed by atoms with van der Waals surface area (Å²) >= 11 is 0. The largest absolute Gasteiger partial charge is 0.378 e. The van der Waals surface area contributed by atoms with Crippen molar-refractivity contribution in [3.05, 3.63) is 12.7 Å². The van der Waals surface area contributed by atoms with Crippen molar-refractivity contribution in [2.75, 3.05) is 32.8 Å². The van der Waals surface area contributed by atoms with Gasteiger partial charge in [0.1, 0.15) is 0 Å². The molecule has 0 aromatic carbocycles. The highest BCUT2D eigenvalue weighted by Crippen LogP contribution is 1.98. The maximum absolute atomic E-state index is 5.86. The van der Waals surface area contributed by atoms with Crippen LogP contribution in [-0.4, -0.2) is 43.7 Å². The lowest BCUT2D eigenvalue weighted by Crippen LogP contribution is -2.44. The molecular formula is C11H22IN3O. The van der Waals surface area contributed by atoms with Crippen molar-refractivity contribution in [2.24, 2.45) is 10.7 Å². The Morgan fingerprint density at radius 3 is 2.69 bits per heavy atom. The predicted molar refractivity (Wildman–Crippen MR) is 78.3 cm³/mol. The van der Waals surface area contributed by atoms with Gasteiger partial charge in [-0.1, -0.05) is 6.08 Å². The molecule has 0 aromatic rings. The van der Waals surface area contributed by atoms with Gasteiger partial charge in [-0.25, -0.2) is 0 Å². The number of rotatable bonds is 5. The van der Waals surface area contributed by atoms with E-state index in [-0.39, 0.29) is 24.0 Å². The van der Waals surface area contributed by atoms with Crippen LogP contribution in [0.2, 0.25) is 0 Å². The van der Waals surface area contributed by atoms with Crippen LogP contribution in [0, 0.1) is 0 Å². The summed E-state index contributed by atoms with van der Waals surface area (Å²) in [6, 6.07) is 0. The van der Waals surface area contributed by atoms with Gasteiger partial charge in [-0.05, 0) is 19.3 Å². The molecule has 1 aliphatic rings. The van der Waals surface area contributed by atoms with Gasteiger partial charge in [0.2, 0.25) is 0 Å². The Bertz CT molecular complexity index is 215. The first-order valence-electron chi connectivity index (χ1n) is 5.58. The summed E-state index contributed by atoms with van der Waals surface area (Å²) in [4.78, 5) is 6.43. The number of hydrogen-bond acceptors (Lipinski definition) is 2. The first-order valence-corrected chi connectivity index (χ1v) is 5.58. The molecule has 1 heterocycles. The van der Waals surface area contributed by atoms with Crippen LogP contribution in [0.3, 0.4) is 0 Å². The number of aliphatic imine (C=N–C) groups is 1. The van der Waals surface area contributed by atoms with E-state index in [1.54, 1.807) is 0 Å². The van der Waals surface area contributed by atoms with Gasteiger partial charge in [-0.3, -0.25) is 4.99 Å². The van der Waals surface area contributed by atoms with Gasteiger partial charge < -0.3 is 15.4 Å². The topological polar surface area (TPSA) is 50.8 Å². The fraction of sp³-hybridized carbons (Fsp3) is 0.727. The lowest BCUT2D eigenvalue weighted by Gasteiger charge is -2.27. The minimum atomic E-state index is 0. The van der Waals surface area contributed by atoms with Gasteiger partial charge in [0.25, 0.3) is 0 Å². The van der Waals surface area contributed by atoms with E-state index in [2.05, 4.69) is 16.5 Å². The van der Waals surface area contributed by atoms with E-state index < -0.39 is 0 Å².